The lowest BCUT2D eigenvalue weighted by atomic mass is 9.92. The van der Waals surface area contributed by atoms with Crippen molar-refractivity contribution in [2.45, 2.75) is 154 Å². The summed E-state index contributed by atoms with van der Waals surface area (Å²) in [7, 11) is 12.5. The lowest BCUT2D eigenvalue weighted by Gasteiger charge is -2.34. The zero-order valence-corrected chi connectivity index (χ0v) is 47.9. The van der Waals surface area contributed by atoms with E-state index in [1.165, 1.54) is 67.3 Å². The van der Waals surface area contributed by atoms with Gasteiger partial charge in [0.15, 0.2) is 0 Å². The number of rotatable bonds is 4. The monoisotopic (exact) mass is 1020 g/mol. The van der Waals surface area contributed by atoms with Gasteiger partial charge in [-0.1, -0.05) is 7.43 Å². The maximum atomic E-state index is 4.77. The summed E-state index contributed by atoms with van der Waals surface area (Å²) in [5, 5.41) is 35.8. The van der Waals surface area contributed by atoms with Crippen LogP contribution < -0.4 is 41.4 Å². The fourth-order valence-corrected chi connectivity index (χ4v) is 12.4. The van der Waals surface area contributed by atoms with Gasteiger partial charge in [-0.05, 0) is 122 Å². The highest BCUT2D eigenvalue weighted by molar-refractivity contribution is 6.25. The van der Waals surface area contributed by atoms with Crippen LogP contribution in [0.15, 0.2) is 35.5 Å². The first-order chi connectivity index (χ1) is 34.9. The molecule has 12 rings (SSSR count). The third-order valence-electron chi connectivity index (χ3n) is 15.8. The SMILES string of the molecule is C.CC1=c2nc[nH]c2=C(C)C2=NN(C(C)C)N(C)C21.CC1=c2nc[nH]c2=C(C)C2=NN(C)N(C(C)C)C21.Cc1c2c(c(C)c3[nH]cnc13)N(C(C)C)N(C)N2C.Cc1c2c(c(C)c3[nH]cnc13)N(C)N(C(C)C)N2C. The molecule has 0 fully saturated rings. The summed E-state index contributed by atoms with van der Waals surface area (Å²) in [6, 6.07) is 2.04. The molecule has 0 bridgehead atoms. The Morgan fingerprint density at radius 2 is 0.907 bits per heavy atom. The van der Waals surface area contributed by atoms with Crippen molar-refractivity contribution in [1.82, 2.24) is 70.4 Å². The largest absolute Gasteiger partial charge is 0.344 e. The summed E-state index contributed by atoms with van der Waals surface area (Å²) in [5.41, 5.74) is 21.7. The van der Waals surface area contributed by atoms with Crippen LogP contribution in [0.25, 0.3) is 44.4 Å². The van der Waals surface area contributed by atoms with E-state index in [4.69, 9.17) is 10.2 Å². The summed E-state index contributed by atoms with van der Waals surface area (Å²) >= 11 is 0. The Hall–Kier alpha value is -6.74. The van der Waals surface area contributed by atoms with Gasteiger partial charge in [-0.15, -0.1) is 10.2 Å². The second kappa shape index (κ2) is 20.1. The molecule has 2 aromatic carbocycles. The van der Waals surface area contributed by atoms with E-state index in [9.17, 15) is 0 Å². The van der Waals surface area contributed by atoms with E-state index in [0.717, 1.165) is 54.9 Å². The summed E-state index contributed by atoms with van der Waals surface area (Å²) in [6.45, 7) is 34.7. The number of hydrogen-bond donors (Lipinski definition) is 4. The van der Waals surface area contributed by atoms with E-state index in [2.05, 4.69) is 231 Å². The van der Waals surface area contributed by atoms with Crippen molar-refractivity contribution in [2.75, 3.05) is 62.3 Å². The standard InChI is InChI=1S/2C14H21N5.2C13H19N5.CH4/c1-8(2)19-14-10(4)12-11(15-7-16-12)9(3)13(14)17(5)18(19)6;1-8(2)19-17(5)13-9(3)11-12(16-7-15-11)10(4)14(13)18(19)6;1-7(2)18-13-9(4)11-10(14-6-15-11)8(3)12(13)16-17(18)5;1-7(2)18-16-12-8(3)10-11(15-6-14-10)9(4)13(12)17(18)5;/h2*7-8H,1-6H3,(H,15,16);2*6-7,13H,1-5H3,(H,14,15);1H4. The molecule has 4 N–H and O–H groups in total. The van der Waals surface area contributed by atoms with Crippen molar-refractivity contribution in [1.29, 1.82) is 0 Å². The Balaban J connectivity index is 0.000000132. The van der Waals surface area contributed by atoms with Crippen LogP contribution in [0.3, 0.4) is 0 Å². The van der Waals surface area contributed by atoms with E-state index in [1.54, 1.807) is 25.3 Å². The van der Waals surface area contributed by atoms with E-state index in [0.29, 0.717) is 24.2 Å². The molecule has 0 amide bonds. The first-order valence-electron chi connectivity index (χ1n) is 26.0. The molecular formula is C55H84N20. The molecule has 404 valence electrons. The van der Waals surface area contributed by atoms with Crippen LogP contribution in [0.4, 0.5) is 22.7 Å². The van der Waals surface area contributed by atoms with E-state index < -0.39 is 0 Å². The van der Waals surface area contributed by atoms with Gasteiger partial charge in [-0.2, -0.15) is 20.2 Å². The van der Waals surface area contributed by atoms with E-state index >= 15 is 0 Å². The Bertz CT molecular complexity index is 3420. The summed E-state index contributed by atoms with van der Waals surface area (Å²) in [5.74, 6) is 0. The number of hydrazine groups is 6. The molecule has 0 radical (unpaired) electrons. The molecule has 0 saturated carbocycles. The lowest BCUT2D eigenvalue weighted by Crippen LogP contribution is -2.51. The molecule has 2 aliphatic carbocycles. The molecule has 20 heteroatoms. The second-order valence-electron chi connectivity index (χ2n) is 21.7. The Morgan fingerprint density at radius 3 is 1.37 bits per heavy atom. The minimum absolute atomic E-state index is 0. The lowest BCUT2D eigenvalue weighted by molar-refractivity contribution is -0.00991. The molecule has 2 unspecified atom stereocenters. The van der Waals surface area contributed by atoms with Gasteiger partial charge in [0, 0.05) is 93.8 Å². The van der Waals surface area contributed by atoms with Crippen molar-refractivity contribution in [3.8, 4) is 0 Å². The molecule has 6 aromatic rings. The number of aromatic nitrogens is 8. The number of nitrogens with zero attached hydrogens (tertiary/aromatic N) is 16. The quantitative estimate of drug-likeness (QED) is 0.163. The number of hydrogen-bond acceptors (Lipinski definition) is 16. The number of hydrazone groups is 2. The summed E-state index contributed by atoms with van der Waals surface area (Å²) in [4.78, 5) is 30.8. The van der Waals surface area contributed by atoms with Crippen LogP contribution in [0.1, 0.15) is 113 Å². The van der Waals surface area contributed by atoms with Crippen LogP contribution in [-0.4, -0.2) is 160 Å². The number of nitrogens with one attached hydrogen (secondary N) is 4. The molecule has 75 heavy (non-hydrogen) atoms. The molecule has 4 aliphatic heterocycles. The predicted octanol–water partition coefficient (Wildman–Crippen LogP) is 5.97. The number of H-pyrrole nitrogens is 4. The van der Waals surface area contributed by atoms with Crippen molar-refractivity contribution in [3.05, 3.63) is 69.0 Å². The molecule has 20 nitrogen and oxygen atoms in total. The number of anilines is 4. The average Bonchev–Trinajstić information content (AvgIpc) is 4.20. The fourth-order valence-electron chi connectivity index (χ4n) is 12.4. The summed E-state index contributed by atoms with van der Waals surface area (Å²) in [6.07, 6.45) is 7.09. The minimum Gasteiger partial charge on any atom is -0.344 e. The summed E-state index contributed by atoms with van der Waals surface area (Å²) < 4.78 is 0. The molecule has 0 spiro atoms. The van der Waals surface area contributed by atoms with Gasteiger partial charge in [-0.3, -0.25) is 20.0 Å². The third kappa shape index (κ3) is 8.35. The Kier molecular flexibility index (Phi) is 14.6. The van der Waals surface area contributed by atoms with Crippen LogP contribution in [0, 0.1) is 27.7 Å². The van der Waals surface area contributed by atoms with Gasteiger partial charge in [0.2, 0.25) is 0 Å². The smallest absolute Gasteiger partial charge is 0.0986 e. The van der Waals surface area contributed by atoms with Gasteiger partial charge < -0.3 is 19.9 Å². The van der Waals surface area contributed by atoms with Crippen LogP contribution in [0.2, 0.25) is 0 Å². The molecule has 0 saturated heterocycles. The molecule has 8 heterocycles. The van der Waals surface area contributed by atoms with Crippen molar-refractivity contribution < 1.29 is 0 Å². The van der Waals surface area contributed by atoms with Crippen molar-refractivity contribution in [3.63, 3.8) is 0 Å². The Labute approximate surface area is 443 Å². The van der Waals surface area contributed by atoms with Crippen molar-refractivity contribution >= 4 is 78.5 Å². The zero-order valence-electron chi connectivity index (χ0n) is 47.9. The second-order valence-corrected chi connectivity index (χ2v) is 21.7. The zero-order chi connectivity index (χ0) is 53.8. The average molecular weight is 1030 g/mol. The molecule has 2 atom stereocenters. The third-order valence-corrected chi connectivity index (χ3v) is 15.8. The van der Waals surface area contributed by atoms with Crippen LogP contribution >= 0.6 is 0 Å². The first kappa shape index (κ1) is 54.5. The van der Waals surface area contributed by atoms with Gasteiger partial charge in [-0.25, -0.2) is 30.2 Å². The minimum atomic E-state index is 0. The van der Waals surface area contributed by atoms with E-state index in [-0.39, 0.29) is 19.5 Å². The number of imidazole rings is 4. The highest BCUT2D eigenvalue weighted by Crippen LogP contribution is 2.47. The van der Waals surface area contributed by atoms with Gasteiger partial charge in [0.05, 0.1) is 121 Å². The fraction of sp³-hybridized carbons (Fsp3) is 0.527. The number of aromatic amines is 4. The maximum absolute atomic E-state index is 4.77. The van der Waals surface area contributed by atoms with Crippen LogP contribution in [0.5, 0.6) is 0 Å². The van der Waals surface area contributed by atoms with Crippen LogP contribution in [-0.2, 0) is 0 Å². The first-order valence-corrected chi connectivity index (χ1v) is 26.0. The maximum Gasteiger partial charge on any atom is 0.0986 e. The normalized spacial score (nSPS) is 19.4. The van der Waals surface area contributed by atoms with E-state index in [1.807, 2.05) is 12.2 Å². The predicted molar refractivity (Wildman–Crippen MR) is 309 cm³/mol. The highest BCUT2D eigenvalue weighted by atomic mass is 15.9. The molecule has 6 aliphatic rings. The highest BCUT2D eigenvalue weighted by Gasteiger charge is 2.41. The van der Waals surface area contributed by atoms with Gasteiger partial charge in [0.1, 0.15) is 0 Å². The molecular weight excluding hydrogens is 941 g/mol. The van der Waals surface area contributed by atoms with Gasteiger partial charge >= 0.3 is 0 Å². The van der Waals surface area contributed by atoms with Crippen molar-refractivity contribution in [2.24, 2.45) is 10.2 Å². The number of aryl methyl sites for hydroxylation is 4. The topological polar surface area (TPSA) is 172 Å². The molecule has 4 aromatic heterocycles. The Morgan fingerprint density at radius 1 is 0.467 bits per heavy atom. The van der Waals surface area contributed by atoms with Gasteiger partial charge in [0.25, 0.3) is 0 Å². The number of fused-ring (bicyclic) bond motifs is 8. The number of benzene rings is 2.